The number of hydrogen-bond donors (Lipinski definition) is 2. The molecule has 14 heavy (non-hydrogen) atoms. The minimum absolute atomic E-state index is 0.402. The van der Waals surface area contributed by atoms with Crippen molar-refractivity contribution in [1.29, 1.82) is 0 Å². The number of hydrogen-bond acceptors (Lipinski definition) is 3. The summed E-state index contributed by atoms with van der Waals surface area (Å²) in [5.41, 5.74) is 0.772. The summed E-state index contributed by atoms with van der Waals surface area (Å²) in [4.78, 5) is 12.3. The van der Waals surface area contributed by atoms with Crippen LogP contribution in [0.2, 0.25) is 0 Å². The third-order valence-electron chi connectivity index (χ3n) is 2.09. The van der Waals surface area contributed by atoms with Crippen LogP contribution in [0, 0.1) is 0 Å². The third-order valence-corrected chi connectivity index (χ3v) is 2.09. The smallest absolute Gasteiger partial charge is 0.328 e. The fourth-order valence-corrected chi connectivity index (χ4v) is 1.21. The number of carbonyl (C=O) groups is 1. The van der Waals surface area contributed by atoms with Crippen molar-refractivity contribution in [3.63, 3.8) is 0 Å². The van der Waals surface area contributed by atoms with E-state index in [1.807, 2.05) is 18.2 Å². The molecule has 1 atom stereocenters. The molecule has 0 bridgehead atoms. The second-order valence-corrected chi connectivity index (χ2v) is 2.98. The molecule has 4 heteroatoms. The largest absolute Gasteiger partial charge is 0.480 e. The lowest BCUT2D eigenvalue weighted by Gasteiger charge is -2.24. The van der Waals surface area contributed by atoms with E-state index >= 15 is 0 Å². The van der Waals surface area contributed by atoms with E-state index in [1.54, 1.807) is 19.2 Å². The number of aliphatic hydroxyl groups is 1. The molecule has 0 fully saturated rings. The zero-order valence-corrected chi connectivity index (χ0v) is 7.92. The van der Waals surface area contributed by atoms with E-state index in [4.69, 9.17) is 10.2 Å². The maximum atomic E-state index is 10.7. The average molecular weight is 195 g/mol. The lowest BCUT2D eigenvalue weighted by Crippen LogP contribution is -2.41. The maximum absolute atomic E-state index is 10.7. The zero-order valence-electron chi connectivity index (χ0n) is 7.92. The number of aliphatic hydroxyl groups excluding tert-OH is 1. The van der Waals surface area contributed by atoms with Crippen molar-refractivity contribution >= 4 is 11.7 Å². The average Bonchev–Trinajstić information content (AvgIpc) is 2.19. The summed E-state index contributed by atoms with van der Waals surface area (Å²) in [6, 6.07) is 8.20. The normalized spacial score (nSPS) is 12.1. The molecule has 0 saturated carbocycles. The van der Waals surface area contributed by atoms with Gasteiger partial charge in [-0.25, -0.2) is 4.79 Å². The number of para-hydroxylation sites is 1. The summed E-state index contributed by atoms with van der Waals surface area (Å²) in [6.07, 6.45) is 0. The summed E-state index contributed by atoms with van der Waals surface area (Å²) in [5, 5.41) is 17.7. The molecular formula is C10H13NO3. The lowest BCUT2D eigenvalue weighted by atomic mass is 10.2. The molecule has 76 valence electrons. The quantitative estimate of drug-likeness (QED) is 0.737. The highest BCUT2D eigenvalue weighted by Crippen LogP contribution is 2.13. The van der Waals surface area contributed by atoms with Crippen molar-refractivity contribution in [2.24, 2.45) is 0 Å². The number of aliphatic carboxylic acids is 1. The summed E-state index contributed by atoms with van der Waals surface area (Å²) >= 11 is 0. The van der Waals surface area contributed by atoms with E-state index in [1.165, 1.54) is 4.90 Å². The molecule has 0 heterocycles. The van der Waals surface area contributed by atoms with Gasteiger partial charge in [0.2, 0.25) is 0 Å². The number of benzene rings is 1. The van der Waals surface area contributed by atoms with Crippen molar-refractivity contribution in [1.82, 2.24) is 0 Å². The molecule has 1 aromatic rings. The van der Waals surface area contributed by atoms with Gasteiger partial charge in [0, 0.05) is 12.7 Å². The third kappa shape index (κ3) is 2.23. The fourth-order valence-electron chi connectivity index (χ4n) is 1.21. The van der Waals surface area contributed by atoms with E-state index in [-0.39, 0.29) is 0 Å². The highest BCUT2D eigenvalue weighted by molar-refractivity contribution is 5.78. The van der Waals surface area contributed by atoms with Crippen LogP contribution in [0.1, 0.15) is 0 Å². The van der Waals surface area contributed by atoms with E-state index in [2.05, 4.69) is 0 Å². The highest BCUT2D eigenvalue weighted by Gasteiger charge is 2.21. The van der Waals surface area contributed by atoms with E-state index in [0.29, 0.717) is 0 Å². The molecular weight excluding hydrogens is 182 g/mol. The summed E-state index contributed by atoms with van der Waals surface area (Å²) in [6.45, 7) is -0.402. The Labute approximate surface area is 82.4 Å². The molecule has 0 spiro atoms. The first-order valence-corrected chi connectivity index (χ1v) is 4.28. The summed E-state index contributed by atoms with van der Waals surface area (Å²) < 4.78 is 0. The molecule has 0 saturated heterocycles. The molecule has 4 nitrogen and oxygen atoms in total. The molecule has 1 rings (SSSR count). The number of anilines is 1. The SMILES string of the molecule is CN(c1ccccc1)[C@H](CO)C(=O)O. The Kier molecular flexibility index (Phi) is 3.48. The standard InChI is InChI=1S/C10H13NO3/c1-11(9(7-12)10(13)14)8-5-3-2-4-6-8/h2-6,9,12H,7H2,1H3,(H,13,14)/t9-/m1/s1. The van der Waals surface area contributed by atoms with E-state index < -0.39 is 18.6 Å². The van der Waals surface area contributed by atoms with Crippen LogP contribution in [-0.2, 0) is 4.79 Å². The van der Waals surface area contributed by atoms with Crippen molar-refractivity contribution in [2.75, 3.05) is 18.6 Å². The van der Waals surface area contributed by atoms with Crippen LogP contribution < -0.4 is 4.90 Å². The Bertz CT molecular complexity index is 299. The number of rotatable bonds is 4. The fraction of sp³-hybridized carbons (Fsp3) is 0.300. The Hall–Kier alpha value is -1.55. The predicted octanol–water partition coefficient (Wildman–Crippen LogP) is 0.568. The zero-order chi connectivity index (χ0) is 10.6. The predicted molar refractivity (Wildman–Crippen MR) is 53.4 cm³/mol. The van der Waals surface area contributed by atoms with E-state index in [9.17, 15) is 4.79 Å². The Morgan fingerprint density at radius 3 is 2.43 bits per heavy atom. The second-order valence-electron chi connectivity index (χ2n) is 2.98. The van der Waals surface area contributed by atoms with Crippen LogP contribution in [-0.4, -0.2) is 35.9 Å². The number of carboxylic acid groups (broad SMARTS) is 1. The first-order valence-electron chi connectivity index (χ1n) is 4.28. The molecule has 0 aliphatic carbocycles. The lowest BCUT2D eigenvalue weighted by molar-refractivity contribution is -0.139. The number of likely N-dealkylation sites (N-methyl/N-ethyl adjacent to an activating group) is 1. The van der Waals surface area contributed by atoms with Crippen LogP contribution in [0.3, 0.4) is 0 Å². The maximum Gasteiger partial charge on any atom is 0.328 e. The Morgan fingerprint density at radius 1 is 1.43 bits per heavy atom. The number of carboxylic acids is 1. The first kappa shape index (κ1) is 10.5. The van der Waals surface area contributed by atoms with Crippen LogP contribution in [0.5, 0.6) is 0 Å². The van der Waals surface area contributed by atoms with E-state index in [0.717, 1.165) is 5.69 Å². The van der Waals surface area contributed by atoms with Crippen LogP contribution in [0.15, 0.2) is 30.3 Å². The Balaban J connectivity index is 2.83. The van der Waals surface area contributed by atoms with Gasteiger partial charge in [-0.3, -0.25) is 0 Å². The highest BCUT2D eigenvalue weighted by atomic mass is 16.4. The molecule has 0 aromatic heterocycles. The molecule has 0 amide bonds. The van der Waals surface area contributed by atoms with Crippen molar-refractivity contribution < 1.29 is 15.0 Å². The van der Waals surface area contributed by atoms with Crippen LogP contribution >= 0.6 is 0 Å². The second kappa shape index (κ2) is 4.62. The summed E-state index contributed by atoms with van der Waals surface area (Å²) in [5.74, 6) is -1.03. The van der Waals surface area contributed by atoms with Crippen LogP contribution in [0.4, 0.5) is 5.69 Å². The van der Waals surface area contributed by atoms with Gasteiger partial charge in [0.25, 0.3) is 0 Å². The van der Waals surface area contributed by atoms with Gasteiger partial charge in [0.1, 0.15) is 6.04 Å². The minimum Gasteiger partial charge on any atom is -0.480 e. The molecule has 1 aromatic carbocycles. The minimum atomic E-state index is -1.03. The Morgan fingerprint density at radius 2 is 2.00 bits per heavy atom. The van der Waals surface area contributed by atoms with Gasteiger partial charge in [0.15, 0.2) is 0 Å². The van der Waals surface area contributed by atoms with Gasteiger partial charge in [-0.15, -0.1) is 0 Å². The van der Waals surface area contributed by atoms with Gasteiger partial charge in [-0.05, 0) is 12.1 Å². The van der Waals surface area contributed by atoms with Crippen molar-refractivity contribution in [3.05, 3.63) is 30.3 Å². The number of nitrogens with zero attached hydrogens (tertiary/aromatic N) is 1. The molecule has 0 unspecified atom stereocenters. The van der Waals surface area contributed by atoms with Gasteiger partial charge in [-0.2, -0.15) is 0 Å². The topological polar surface area (TPSA) is 60.8 Å². The van der Waals surface area contributed by atoms with Crippen molar-refractivity contribution in [2.45, 2.75) is 6.04 Å². The van der Waals surface area contributed by atoms with Gasteiger partial charge < -0.3 is 15.1 Å². The van der Waals surface area contributed by atoms with Gasteiger partial charge in [0.05, 0.1) is 6.61 Å². The monoisotopic (exact) mass is 195 g/mol. The van der Waals surface area contributed by atoms with Gasteiger partial charge >= 0.3 is 5.97 Å². The van der Waals surface area contributed by atoms with Gasteiger partial charge in [-0.1, -0.05) is 18.2 Å². The molecule has 2 N–H and O–H groups in total. The molecule has 0 aliphatic rings. The first-order chi connectivity index (χ1) is 6.66. The molecule has 0 radical (unpaired) electrons. The molecule has 0 aliphatic heterocycles. The van der Waals surface area contributed by atoms with Crippen LogP contribution in [0.25, 0.3) is 0 Å². The van der Waals surface area contributed by atoms with Crippen molar-refractivity contribution in [3.8, 4) is 0 Å². The summed E-state index contributed by atoms with van der Waals surface area (Å²) in [7, 11) is 1.64.